The number of pyridine rings is 1. The second-order valence-corrected chi connectivity index (χ2v) is 6.01. The number of hydrogen-bond acceptors (Lipinski definition) is 3. The molecule has 6 heteroatoms. The van der Waals surface area contributed by atoms with E-state index in [0.717, 1.165) is 17.1 Å². The van der Waals surface area contributed by atoms with Crippen LogP contribution in [0.25, 0.3) is 0 Å². The number of guanidine groups is 1. The molecular formula is C22H25IN4O. The fourth-order valence-electron chi connectivity index (χ4n) is 2.60. The molecule has 0 unspecified atom stereocenters. The summed E-state index contributed by atoms with van der Waals surface area (Å²) in [4.78, 5) is 8.64. The SMILES string of the molecule is CN=C(NCc1ccccc1)NCc1cccnc1OCc1ccccc1.I. The van der Waals surface area contributed by atoms with E-state index in [1.807, 2.05) is 60.7 Å². The molecular weight excluding hydrogens is 463 g/mol. The number of benzene rings is 2. The van der Waals surface area contributed by atoms with Crippen molar-refractivity contribution in [2.45, 2.75) is 19.7 Å². The maximum absolute atomic E-state index is 5.91. The minimum Gasteiger partial charge on any atom is -0.473 e. The summed E-state index contributed by atoms with van der Waals surface area (Å²) in [7, 11) is 1.76. The van der Waals surface area contributed by atoms with Crippen molar-refractivity contribution < 1.29 is 4.74 Å². The fourth-order valence-corrected chi connectivity index (χ4v) is 2.60. The molecule has 0 aliphatic heterocycles. The van der Waals surface area contributed by atoms with Crippen LogP contribution in [-0.2, 0) is 19.7 Å². The van der Waals surface area contributed by atoms with Crippen molar-refractivity contribution in [1.29, 1.82) is 0 Å². The molecule has 0 amide bonds. The van der Waals surface area contributed by atoms with Gasteiger partial charge in [0, 0.05) is 31.9 Å². The highest BCUT2D eigenvalue weighted by Gasteiger charge is 2.06. The van der Waals surface area contributed by atoms with Gasteiger partial charge in [-0.3, -0.25) is 4.99 Å². The number of nitrogens with zero attached hydrogens (tertiary/aromatic N) is 2. The van der Waals surface area contributed by atoms with Crippen LogP contribution in [0, 0.1) is 0 Å². The molecule has 0 atom stereocenters. The molecule has 0 saturated carbocycles. The molecule has 0 aliphatic carbocycles. The van der Waals surface area contributed by atoms with E-state index in [1.165, 1.54) is 5.56 Å². The predicted molar refractivity (Wildman–Crippen MR) is 124 cm³/mol. The summed E-state index contributed by atoms with van der Waals surface area (Å²) in [6, 6.07) is 24.2. The van der Waals surface area contributed by atoms with E-state index in [1.54, 1.807) is 13.2 Å². The van der Waals surface area contributed by atoms with Gasteiger partial charge in [-0.15, -0.1) is 24.0 Å². The number of halogens is 1. The summed E-state index contributed by atoms with van der Waals surface area (Å²) in [5.41, 5.74) is 3.30. The summed E-state index contributed by atoms with van der Waals surface area (Å²) in [5.74, 6) is 1.36. The van der Waals surface area contributed by atoms with E-state index in [2.05, 4.69) is 32.7 Å². The Morgan fingerprint density at radius 1 is 0.857 bits per heavy atom. The average molecular weight is 488 g/mol. The molecule has 5 nitrogen and oxygen atoms in total. The van der Waals surface area contributed by atoms with Crippen LogP contribution in [0.4, 0.5) is 0 Å². The van der Waals surface area contributed by atoms with Gasteiger partial charge in [-0.1, -0.05) is 66.7 Å². The molecule has 0 aliphatic rings. The first-order valence-electron chi connectivity index (χ1n) is 8.94. The maximum Gasteiger partial charge on any atom is 0.218 e. The van der Waals surface area contributed by atoms with Crippen molar-refractivity contribution in [1.82, 2.24) is 15.6 Å². The van der Waals surface area contributed by atoms with Crippen molar-refractivity contribution in [2.24, 2.45) is 4.99 Å². The third-order valence-electron chi connectivity index (χ3n) is 4.04. The standard InChI is InChI=1S/C22H24N4O.HI/c1-23-22(25-15-18-9-4-2-5-10-18)26-16-20-13-8-14-24-21(20)27-17-19-11-6-3-7-12-19;/h2-14H,15-17H2,1H3,(H2,23,25,26);1H. The molecule has 2 aromatic carbocycles. The lowest BCUT2D eigenvalue weighted by atomic mass is 10.2. The Labute approximate surface area is 183 Å². The van der Waals surface area contributed by atoms with Gasteiger partial charge < -0.3 is 15.4 Å². The minimum atomic E-state index is 0. The smallest absolute Gasteiger partial charge is 0.218 e. The zero-order valence-electron chi connectivity index (χ0n) is 15.8. The molecule has 1 aromatic heterocycles. The van der Waals surface area contributed by atoms with Gasteiger partial charge in [0.05, 0.1) is 0 Å². The summed E-state index contributed by atoms with van der Waals surface area (Å²) in [6.45, 7) is 1.78. The number of aliphatic imine (C=N–C) groups is 1. The van der Waals surface area contributed by atoms with Crippen LogP contribution >= 0.6 is 24.0 Å². The Bertz CT molecular complexity index is 857. The molecule has 0 spiro atoms. The van der Waals surface area contributed by atoms with Gasteiger partial charge in [-0.05, 0) is 17.2 Å². The van der Waals surface area contributed by atoms with E-state index >= 15 is 0 Å². The second kappa shape index (κ2) is 12.0. The predicted octanol–water partition coefficient (Wildman–Crippen LogP) is 4.14. The molecule has 0 radical (unpaired) electrons. The monoisotopic (exact) mass is 488 g/mol. The molecule has 28 heavy (non-hydrogen) atoms. The zero-order chi connectivity index (χ0) is 18.7. The van der Waals surface area contributed by atoms with Crippen LogP contribution in [0.15, 0.2) is 84.0 Å². The van der Waals surface area contributed by atoms with Gasteiger partial charge in [0.2, 0.25) is 5.88 Å². The first-order chi connectivity index (χ1) is 13.3. The van der Waals surface area contributed by atoms with E-state index in [0.29, 0.717) is 25.6 Å². The van der Waals surface area contributed by atoms with E-state index in [-0.39, 0.29) is 24.0 Å². The highest BCUT2D eigenvalue weighted by Crippen LogP contribution is 2.15. The molecule has 0 fully saturated rings. The minimum absolute atomic E-state index is 0. The molecule has 0 saturated heterocycles. The molecule has 1 heterocycles. The largest absolute Gasteiger partial charge is 0.473 e. The zero-order valence-corrected chi connectivity index (χ0v) is 18.2. The van der Waals surface area contributed by atoms with Gasteiger partial charge in [0.1, 0.15) is 6.61 Å². The third-order valence-corrected chi connectivity index (χ3v) is 4.04. The van der Waals surface area contributed by atoms with Gasteiger partial charge in [0.25, 0.3) is 0 Å². The quantitative estimate of drug-likeness (QED) is 0.298. The Morgan fingerprint density at radius 2 is 1.50 bits per heavy atom. The summed E-state index contributed by atoms with van der Waals surface area (Å²) in [6.07, 6.45) is 1.74. The Kier molecular flexibility index (Phi) is 9.27. The van der Waals surface area contributed by atoms with Gasteiger partial charge >= 0.3 is 0 Å². The van der Waals surface area contributed by atoms with Crippen LogP contribution in [0.2, 0.25) is 0 Å². The summed E-state index contributed by atoms with van der Waals surface area (Å²) < 4.78 is 5.91. The van der Waals surface area contributed by atoms with Gasteiger partial charge in [0.15, 0.2) is 5.96 Å². The molecule has 0 bridgehead atoms. The fraction of sp³-hybridized carbons (Fsp3) is 0.182. The van der Waals surface area contributed by atoms with Crippen LogP contribution in [0.5, 0.6) is 5.88 Å². The average Bonchev–Trinajstić information content (AvgIpc) is 2.74. The van der Waals surface area contributed by atoms with Crippen molar-refractivity contribution in [2.75, 3.05) is 7.05 Å². The Morgan fingerprint density at radius 3 is 2.18 bits per heavy atom. The Hall–Kier alpha value is -2.61. The van der Waals surface area contributed by atoms with E-state index in [9.17, 15) is 0 Å². The highest BCUT2D eigenvalue weighted by atomic mass is 127. The van der Waals surface area contributed by atoms with E-state index in [4.69, 9.17) is 4.74 Å². The van der Waals surface area contributed by atoms with Gasteiger partial charge in [-0.25, -0.2) is 4.98 Å². The topological polar surface area (TPSA) is 58.5 Å². The summed E-state index contributed by atoms with van der Waals surface area (Å²) in [5, 5.41) is 6.62. The van der Waals surface area contributed by atoms with Crippen LogP contribution < -0.4 is 15.4 Å². The molecule has 2 N–H and O–H groups in total. The first kappa shape index (κ1) is 21.7. The lowest BCUT2D eigenvalue weighted by Crippen LogP contribution is -2.36. The number of hydrogen-bond donors (Lipinski definition) is 2. The number of aromatic nitrogens is 1. The highest BCUT2D eigenvalue weighted by molar-refractivity contribution is 14.0. The lowest BCUT2D eigenvalue weighted by Gasteiger charge is -2.14. The number of ether oxygens (including phenoxy) is 1. The normalized spacial score (nSPS) is 10.7. The number of nitrogens with one attached hydrogen (secondary N) is 2. The lowest BCUT2D eigenvalue weighted by molar-refractivity contribution is 0.290. The van der Waals surface area contributed by atoms with Crippen LogP contribution in [-0.4, -0.2) is 18.0 Å². The van der Waals surface area contributed by atoms with Crippen LogP contribution in [0.3, 0.4) is 0 Å². The van der Waals surface area contributed by atoms with Crippen molar-refractivity contribution in [3.05, 3.63) is 95.7 Å². The van der Waals surface area contributed by atoms with Crippen LogP contribution in [0.1, 0.15) is 16.7 Å². The second-order valence-electron chi connectivity index (χ2n) is 6.01. The first-order valence-corrected chi connectivity index (χ1v) is 8.94. The molecule has 3 rings (SSSR count). The maximum atomic E-state index is 5.91. The van der Waals surface area contributed by atoms with Crippen molar-refractivity contribution in [3.8, 4) is 5.88 Å². The number of rotatable bonds is 7. The van der Waals surface area contributed by atoms with Crippen molar-refractivity contribution in [3.63, 3.8) is 0 Å². The summed E-state index contributed by atoms with van der Waals surface area (Å²) >= 11 is 0. The molecule has 146 valence electrons. The van der Waals surface area contributed by atoms with Crippen molar-refractivity contribution >= 4 is 29.9 Å². The Balaban J connectivity index is 0.00000280. The van der Waals surface area contributed by atoms with Gasteiger partial charge in [-0.2, -0.15) is 0 Å². The van der Waals surface area contributed by atoms with E-state index < -0.39 is 0 Å². The molecule has 3 aromatic rings. The third kappa shape index (κ3) is 6.84.